The lowest BCUT2D eigenvalue weighted by atomic mass is 10.1. The molecule has 0 bridgehead atoms. The largest absolute Gasteiger partial charge is 0.318 e. The zero-order valence-electron chi connectivity index (χ0n) is 15.9. The minimum absolute atomic E-state index is 0.516. The summed E-state index contributed by atoms with van der Waals surface area (Å²) in [5.74, 6) is 0.830. The van der Waals surface area contributed by atoms with E-state index in [1.54, 1.807) is 0 Å². The van der Waals surface area contributed by atoms with Crippen molar-refractivity contribution in [2.75, 3.05) is 13.6 Å². The van der Waals surface area contributed by atoms with Gasteiger partial charge in [-0.1, -0.05) is 36.4 Å². The molecule has 1 aromatic heterocycles. The predicted molar refractivity (Wildman–Crippen MR) is 109 cm³/mol. The first-order valence-corrected chi connectivity index (χ1v) is 9.43. The van der Waals surface area contributed by atoms with E-state index in [-0.39, 0.29) is 0 Å². The van der Waals surface area contributed by atoms with Crippen molar-refractivity contribution in [3.05, 3.63) is 64.4 Å². The smallest absolute Gasteiger partial charge is 0.207 e. The molecule has 6 heteroatoms. The summed E-state index contributed by atoms with van der Waals surface area (Å²) >= 11 is 5.79. The van der Waals surface area contributed by atoms with E-state index in [9.17, 15) is 0 Å². The molecule has 1 atom stereocenters. The molecular formula is C21H24N5S+. The summed E-state index contributed by atoms with van der Waals surface area (Å²) in [5.41, 5.74) is 4.51. The number of rotatable bonds is 6. The molecule has 0 fully saturated rings. The molecule has 27 heavy (non-hydrogen) atoms. The van der Waals surface area contributed by atoms with Crippen LogP contribution in [0.25, 0.3) is 17.1 Å². The number of hydrogen-bond donors (Lipinski definition) is 1. The van der Waals surface area contributed by atoms with Gasteiger partial charge in [-0.25, -0.2) is 0 Å². The van der Waals surface area contributed by atoms with Crippen LogP contribution in [-0.4, -0.2) is 27.9 Å². The summed E-state index contributed by atoms with van der Waals surface area (Å²) in [5, 5.41) is 13.6. The minimum Gasteiger partial charge on any atom is -0.318 e. The lowest BCUT2D eigenvalue weighted by molar-refractivity contribution is -0.903. The van der Waals surface area contributed by atoms with Crippen molar-refractivity contribution in [1.29, 1.82) is 5.26 Å². The first-order chi connectivity index (χ1) is 13.0. The number of nitrogens with one attached hydrogen (secondary N) is 1. The van der Waals surface area contributed by atoms with Crippen molar-refractivity contribution in [3.63, 3.8) is 0 Å². The molecule has 1 heterocycles. The maximum atomic E-state index is 8.82. The van der Waals surface area contributed by atoms with Gasteiger partial charge in [0.25, 0.3) is 0 Å². The van der Waals surface area contributed by atoms with Crippen LogP contribution in [0.5, 0.6) is 0 Å². The Morgan fingerprint density at radius 2 is 1.85 bits per heavy atom. The van der Waals surface area contributed by atoms with Gasteiger partial charge in [-0.3, -0.25) is 4.57 Å². The Balaban J connectivity index is 2.11. The Kier molecular flexibility index (Phi) is 5.84. The van der Waals surface area contributed by atoms with E-state index in [1.165, 1.54) is 16.0 Å². The number of hydrogen-bond acceptors (Lipinski definition) is 3. The van der Waals surface area contributed by atoms with Gasteiger partial charge in [0.05, 0.1) is 31.8 Å². The fraction of sp³-hybridized carbons (Fsp3) is 0.286. The van der Waals surface area contributed by atoms with Crippen LogP contribution >= 0.6 is 12.2 Å². The Labute approximate surface area is 165 Å². The number of benzene rings is 2. The number of quaternary nitrogens is 1. The molecule has 0 aliphatic heterocycles. The van der Waals surface area contributed by atoms with E-state index in [0.717, 1.165) is 23.6 Å². The normalized spacial score (nSPS) is 11.9. The van der Waals surface area contributed by atoms with Crippen LogP contribution in [0.4, 0.5) is 0 Å². The van der Waals surface area contributed by atoms with E-state index in [4.69, 9.17) is 22.6 Å². The van der Waals surface area contributed by atoms with Crippen molar-refractivity contribution in [2.45, 2.75) is 26.9 Å². The van der Waals surface area contributed by atoms with Crippen LogP contribution in [0.1, 0.15) is 17.5 Å². The summed E-state index contributed by atoms with van der Waals surface area (Å²) in [6, 6.07) is 18.6. The number of aryl methyl sites for hydroxylation is 2. The maximum Gasteiger partial charge on any atom is 0.207 e. The van der Waals surface area contributed by atoms with Crippen molar-refractivity contribution >= 4 is 12.2 Å². The molecule has 1 unspecified atom stereocenters. The molecule has 0 amide bonds. The molecule has 0 spiro atoms. The van der Waals surface area contributed by atoms with E-state index in [0.29, 0.717) is 17.9 Å². The first kappa shape index (κ1) is 19.0. The van der Waals surface area contributed by atoms with Crippen molar-refractivity contribution in [1.82, 2.24) is 14.3 Å². The third-order valence-electron chi connectivity index (χ3n) is 4.70. The highest BCUT2D eigenvalue weighted by atomic mass is 32.1. The van der Waals surface area contributed by atoms with Crippen LogP contribution in [0, 0.1) is 29.9 Å². The maximum absolute atomic E-state index is 8.82. The summed E-state index contributed by atoms with van der Waals surface area (Å²) in [7, 11) is 2.05. The molecule has 138 valence electrons. The summed E-state index contributed by atoms with van der Waals surface area (Å²) in [6.07, 6.45) is 0.516. The van der Waals surface area contributed by atoms with Crippen molar-refractivity contribution in [3.8, 4) is 23.1 Å². The molecule has 0 aliphatic rings. The van der Waals surface area contributed by atoms with Gasteiger partial charge in [0.1, 0.15) is 0 Å². The summed E-state index contributed by atoms with van der Waals surface area (Å²) in [6.45, 7) is 5.59. The fourth-order valence-electron chi connectivity index (χ4n) is 2.99. The van der Waals surface area contributed by atoms with Crippen molar-refractivity contribution < 1.29 is 4.90 Å². The summed E-state index contributed by atoms with van der Waals surface area (Å²) < 4.78 is 4.56. The molecule has 0 saturated carbocycles. The van der Waals surface area contributed by atoms with Crippen molar-refractivity contribution in [2.24, 2.45) is 0 Å². The first-order valence-electron chi connectivity index (χ1n) is 9.02. The van der Waals surface area contributed by atoms with Gasteiger partial charge < -0.3 is 4.90 Å². The third kappa shape index (κ3) is 4.16. The fourth-order valence-corrected chi connectivity index (χ4v) is 3.28. The SMILES string of the molecule is Cc1ccc(-n2c(-c3ccccc3)nn(C[NH+](C)CCC#N)c2=S)cc1C. The Bertz CT molecular complexity index is 1030. The average Bonchev–Trinajstić information content (AvgIpc) is 2.99. The molecule has 1 N–H and O–H groups in total. The lowest BCUT2D eigenvalue weighted by Gasteiger charge is -2.11. The van der Waals surface area contributed by atoms with E-state index in [2.05, 4.69) is 45.2 Å². The average molecular weight is 379 g/mol. The second kappa shape index (κ2) is 8.30. The monoisotopic (exact) mass is 378 g/mol. The molecule has 0 aliphatic carbocycles. The minimum atomic E-state index is 0.516. The highest BCUT2D eigenvalue weighted by Gasteiger charge is 2.16. The summed E-state index contributed by atoms with van der Waals surface area (Å²) in [4.78, 5) is 1.19. The van der Waals surface area contributed by atoms with E-state index >= 15 is 0 Å². The van der Waals surface area contributed by atoms with Crippen LogP contribution in [-0.2, 0) is 6.67 Å². The lowest BCUT2D eigenvalue weighted by Crippen LogP contribution is -3.08. The molecule has 0 saturated heterocycles. The van der Waals surface area contributed by atoms with Crippen LogP contribution < -0.4 is 4.90 Å². The van der Waals surface area contributed by atoms with Crippen LogP contribution in [0.2, 0.25) is 0 Å². The van der Waals surface area contributed by atoms with Gasteiger partial charge in [-0.05, 0) is 49.3 Å². The third-order valence-corrected chi connectivity index (χ3v) is 5.10. The molecule has 3 rings (SSSR count). The zero-order valence-corrected chi connectivity index (χ0v) is 16.8. The molecular weight excluding hydrogens is 354 g/mol. The zero-order chi connectivity index (χ0) is 19.4. The number of nitrogens with zero attached hydrogens (tertiary/aromatic N) is 4. The van der Waals surface area contributed by atoms with Crippen LogP contribution in [0.3, 0.4) is 0 Å². The Morgan fingerprint density at radius 3 is 2.52 bits per heavy atom. The Morgan fingerprint density at radius 1 is 1.11 bits per heavy atom. The van der Waals surface area contributed by atoms with Gasteiger partial charge in [-0.15, -0.1) is 5.10 Å². The van der Waals surface area contributed by atoms with E-state index < -0.39 is 0 Å². The second-order valence-electron chi connectivity index (χ2n) is 6.85. The van der Waals surface area contributed by atoms with E-state index in [1.807, 2.05) is 39.6 Å². The second-order valence-corrected chi connectivity index (χ2v) is 7.21. The molecule has 5 nitrogen and oxygen atoms in total. The van der Waals surface area contributed by atoms with Gasteiger partial charge in [-0.2, -0.15) is 9.94 Å². The highest BCUT2D eigenvalue weighted by molar-refractivity contribution is 7.71. The molecule has 3 aromatic rings. The van der Waals surface area contributed by atoms with Gasteiger partial charge >= 0.3 is 0 Å². The van der Waals surface area contributed by atoms with Gasteiger partial charge in [0.15, 0.2) is 12.5 Å². The molecule has 2 aromatic carbocycles. The quantitative estimate of drug-likeness (QED) is 0.671. The number of aromatic nitrogens is 3. The van der Waals surface area contributed by atoms with Gasteiger partial charge in [0, 0.05) is 5.56 Å². The molecule has 0 radical (unpaired) electrons. The van der Waals surface area contributed by atoms with Gasteiger partial charge in [0.2, 0.25) is 4.77 Å². The predicted octanol–water partition coefficient (Wildman–Crippen LogP) is 3.07. The number of nitriles is 1. The standard InChI is InChI=1S/C21H23N5S/c1-16-10-11-19(14-17(16)2)26-20(18-8-5-4-6-9-18)23-25(21(26)27)15-24(3)13-7-12-22/h4-6,8-11,14H,7,13,15H2,1-3H3/p+1. The highest BCUT2D eigenvalue weighted by Crippen LogP contribution is 2.23. The topological polar surface area (TPSA) is 51.0 Å². The van der Waals surface area contributed by atoms with Crippen LogP contribution in [0.15, 0.2) is 48.5 Å². The Hall–Kier alpha value is -2.75.